The highest BCUT2D eigenvalue weighted by Gasteiger charge is 2.22. The number of nitrogens with zero attached hydrogens (tertiary/aromatic N) is 1. The molecule has 1 heterocycles. The number of carboxylic acid groups (broad SMARTS) is 1. The number of ether oxygens (including phenoxy) is 1. The second kappa shape index (κ2) is 13.0. The molecule has 0 bridgehead atoms. The topological polar surface area (TPSA) is 49.8 Å². The summed E-state index contributed by atoms with van der Waals surface area (Å²) in [6.45, 7) is 9.68. The summed E-state index contributed by atoms with van der Waals surface area (Å²) in [6.07, 6.45) is 16.6. The number of likely N-dealkylation sites (tertiary alicyclic amines) is 1. The fourth-order valence-corrected chi connectivity index (χ4v) is 4.84. The summed E-state index contributed by atoms with van der Waals surface area (Å²) in [4.78, 5) is 13.4. The van der Waals surface area contributed by atoms with Gasteiger partial charge in [0.05, 0.1) is 6.61 Å². The summed E-state index contributed by atoms with van der Waals surface area (Å²) >= 11 is 0. The van der Waals surface area contributed by atoms with Gasteiger partial charge in [0.15, 0.2) is 0 Å². The summed E-state index contributed by atoms with van der Waals surface area (Å²) in [5.74, 6) is 2.35. The van der Waals surface area contributed by atoms with Crippen molar-refractivity contribution in [1.29, 1.82) is 0 Å². The third-order valence-electron chi connectivity index (χ3n) is 6.57. The number of aliphatic carboxylic acids is 1. The molecule has 1 aliphatic carbocycles. The van der Waals surface area contributed by atoms with Crippen LogP contribution in [0.2, 0.25) is 0 Å². The SMILES string of the molecule is CC/C=C(\C=C(/C)N1CCC(C)C[C@@H](CCCC(=O)O)C1)OCC1CCCCC1. The van der Waals surface area contributed by atoms with Crippen LogP contribution in [0.1, 0.15) is 91.4 Å². The molecule has 0 amide bonds. The second-order valence-electron chi connectivity index (χ2n) is 9.34. The predicted molar refractivity (Wildman–Crippen MR) is 120 cm³/mol. The first kappa shape index (κ1) is 23.8. The molecule has 1 unspecified atom stereocenters. The average molecular weight is 406 g/mol. The van der Waals surface area contributed by atoms with Gasteiger partial charge in [0.2, 0.25) is 0 Å². The van der Waals surface area contributed by atoms with Gasteiger partial charge in [-0.1, -0.05) is 33.1 Å². The van der Waals surface area contributed by atoms with E-state index in [1.807, 2.05) is 0 Å². The molecule has 1 aliphatic heterocycles. The van der Waals surface area contributed by atoms with Crippen molar-refractivity contribution in [2.24, 2.45) is 17.8 Å². The molecule has 0 aromatic rings. The first-order valence-corrected chi connectivity index (χ1v) is 12.0. The zero-order valence-corrected chi connectivity index (χ0v) is 19.0. The van der Waals surface area contributed by atoms with Gasteiger partial charge in [0.25, 0.3) is 0 Å². The van der Waals surface area contributed by atoms with Crippen LogP contribution in [0.3, 0.4) is 0 Å². The normalized spacial score (nSPS) is 25.0. The van der Waals surface area contributed by atoms with E-state index >= 15 is 0 Å². The van der Waals surface area contributed by atoms with Gasteiger partial charge in [-0.05, 0) is 81.8 Å². The van der Waals surface area contributed by atoms with Gasteiger partial charge >= 0.3 is 5.97 Å². The van der Waals surface area contributed by atoms with Crippen LogP contribution in [-0.2, 0) is 9.53 Å². The van der Waals surface area contributed by atoms with Crippen LogP contribution < -0.4 is 0 Å². The number of hydrogen-bond acceptors (Lipinski definition) is 3. The lowest BCUT2D eigenvalue weighted by molar-refractivity contribution is -0.137. The smallest absolute Gasteiger partial charge is 0.303 e. The van der Waals surface area contributed by atoms with Crippen molar-refractivity contribution in [3.8, 4) is 0 Å². The Morgan fingerprint density at radius 2 is 1.93 bits per heavy atom. The first-order chi connectivity index (χ1) is 14.0. The Bertz CT molecular complexity index is 548. The second-order valence-corrected chi connectivity index (χ2v) is 9.34. The van der Waals surface area contributed by atoms with Crippen LogP contribution in [0.5, 0.6) is 0 Å². The highest BCUT2D eigenvalue weighted by molar-refractivity contribution is 5.66. The van der Waals surface area contributed by atoms with E-state index in [1.165, 1.54) is 50.6 Å². The Balaban J connectivity index is 1.95. The van der Waals surface area contributed by atoms with E-state index in [2.05, 4.69) is 37.8 Å². The van der Waals surface area contributed by atoms with Crippen LogP contribution >= 0.6 is 0 Å². The summed E-state index contributed by atoms with van der Waals surface area (Å²) in [7, 11) is 0. The van der Waals surface area contributed by atoms with Crippen molar-refractivity contribution in [3.63, 3.8) is 0 Å². The van der Waals surface area contributed by atoms with Crippen molar-refractivity contribution in [2.45, 2.75) is 91.4 Å². The number of carboxylic acids is 1. The lowest BCUT2D eigenvalue weighted by Crippen LogP contribution is -2.27. The Labute approximate surface area is 178 Å². The fraction of sp³-hybridized carbons (Fsp3) is 0.800. The summed E-state index contributed by atoms with van der Waals surface area (Å²) in [5.41, 5.74) is 1.28. The maximum atomic E-state index is 10.9. The molecule has 29 heavy (non-hydrogen) atoms. The van der Waals surface area contributed by atoms with Crippen LogP contribution in [-0.4, -0.2) is 35.7 Å². The van der Waals surface area contributed by atoms with Crippen LogP contribution in [0.4, 0.5) is 0 Å². The summed E-state index contributed by atoms with van der Waals surface area (Å²) < 4.78 is 6.25. The zero-order valence-electron chi connectivity index (χ0n) is 19.0. The molecule has 1 saturated heterocycles. The lowest BCUT2D eigenvalue weighted by atomic mass is 9.90. The minimum atomic E-state index is -0.677. The van der Waals surface area contributed by atoms with E-state index in [0.29, 0.717) is 11.8 Å². The van der Waals surface area contributed by atoms with Gasteiger partial charge in [-0.2, -0.15) is 0 Å². The van der Waals surface area contributed by atoms with E-state index in [9.17, 15) is 4.79 Å². The average Bonchev–Trinajstić information content (AvgIpc) is 2.88. The third-order valence-corrected chi connectivity index (χ3v) is 6.57. The molecular weight excluding hydrogens is 362 g/mol. The molecule has 2 atom stereocenters. The molecule has 4 heteroatoms. The molecule has 2 fully saturated rings. The molecule has 2 aliphatic rings. The zero-order chi connectivity index (χ0) is 21.1. The van der Waals surface area contributed by atoms with Crippen LogP contribution in [0, 0.1) is 17.8 Å². The number of allylic oxidation sites excluding steroid dienone is 3. The molecular formula is C25H43NO3. The van der Waals surface area contributed by atoms with E-state index in [-0.39, 0.29) is 6.42 Å². The number of carbonyl (C=O) groups is 1. The maximum absolute atomic E-state index is 10.9. The fourth-order valence-electron chi connectivity index (χ4n) is 4.84. The van der Waals surface area contributed by atoms with Gasteiger partial charge in [0.1, 0.15) is 5.76 Å². The molecule has 0 aromatic heterocycles. The van der Waals surface area contributed by atoms with Crippen LogP contribution in [0.15, 0.2) is 23.6 Å². The highest BCUT2D eigenvalue weighted by Crippen LogP contribution is 2.28. The van der Waals surface area contributed by atoms with E-state index < -0.39 is 5.97 Å². The first-order valence-electron chi connectivity index (χ1n) is 12.0. The molecule has 1 saturated carbocycles. The molecule has 0 aromatic carbocycles. The summed E-state index contributed by atoms with van der Waals surface area (Å²) in [5, 5.41) is 8.95. The lowest BCUT2D eigenvalue weighted by Gasteiger charge is -2.28. The van der Waals surface area contributed by atoms with Crippen LogP contribution in [0.25, 0.3) is 0 Å². The van der Waals surface area contributed by atoms with Gasteiger partial charge in [0, 0.05) is 25.2 Å². The number of hydrogen-bond donors (Lipinski definition) is 1. The summed E-state index contributed by atoms with van der Waals surface area (Å²) in [6, 6.07) is 0. The van der Waals surface area contributed by atoms with E-state index in [1.54, 1.807) is 0 Å². The van der Waals surface area contributed by atoms with Crippen molar-refractivity contribution >= 4 is 5.97 Å². The van der Waals surface area contributed by atoms with Crippen molar-refractivity contribution in [2.75, 3.05) is 19.7 Å². The molecule has 166 valence electrons. The predicted octanol–water partition coefficient (Wildman–Crippen LogP) is 6.38. The van der Waals surface area contributed by atoms with Gasteiger partial charge in [-0.25, -0.2) is 0 Å². The maximum Gasteiger partial charge on any atom is 0.303 e. The quantitative estimate of drug-likeness (QED) is 0.338. The molecule has 0 spiro atoms. The minimum Gasteiger partial charge on any atom is -0.494 e. The van der Waals surface area contributed by atoms with E-state index in [4.69, 9.17) is 9.84 Å². The van der Waals surface area contributed by atoms with Crippen molar-refractivity contribution in [1.82, 2.24) is 4.90 Å². The Morgan fingerprint density at radius 1 is 1.17 bits per heavy atom. The highest BCUT2D eigenvalue weighted by atomic mass is 16.5. The van der Waals surface area contributed by atoms with E-state index in [0.717, 1.165) is 50.6 Å². The van der Waals surface area contributed by atoms with Crippen molar-refractivity contribution < 1.29 is 14.6 Å². The van der Waals surface area contributed by atoms with Crippen molar-refractivity contribution in [3.05, 3.63) is 23.6 Å². The molecule has 2 rings (SSSR count). The molecule has 1 N–H and O–H groups in total. The monoisotopic (exact) mass is 405 g/mol. The third kappa shape index (κ3) is 9.27. The standard InChI is InChI=1S/C25H43NO3/c1-4-9-24(29-19-22-10-6-5-7-11-22)17-21(3)26-15-14-20(2)16-23(18-26)12-8-13-25(27)28/h9,17,20,22-23H,4-8,10-16,18-19H2,1-3H3,(H,27,28)/b21-17+,24-9+/t20?,23-/m1/s1. The molecule has 4 nitrogen and oxygen atoms in total. The Kier molecular flexibility index (Phi) is 10.7. The van der Waals surface area contributed by atoms with Gasteiger partial charge < -0.3 is 14.7 Å². The Hall–Kier alpha value is -1.45. The Morgan fingerprint density at radius 3 is 2.62 bits per heavy atom. The minimum absolute atomic E-state index is 0.290. The van der Waals surface area contributed by atoms with Gasteiger partial charge in [-0.15, -0.1) is 0 Å². The molecule has 0 radical (unpaired) electrons. The van der Waals surface area contributed by atoms with Gasteiger partial charge in [-0.3, -0.25) is 4.79 Å². The number of rotatable bonds is 10. The largest absolute Gasteiger partial charge is 0.494 e.